The minimum atomic E-state index is -0.220. The fraction of sp³-hybridized carbons (Fsp3) is 0.462. The van der Waals surface area contributed by atoms with Gasteiger partial charge < -0.3 is 5.32 Å². The summed E-state index contributed by atoms with van der Waals surface area (Å²) in [4.78, 5) is 17.0. The van der Waals surface area contributed by atoms with E-state index >= 15 is 0 Å². The number of amides is 1. The molecule has 1 amide bonds. The number of hydroxylamine groups is 1. The van der Waals surface area contributed by atoms with Gasteiger partial charge in [0.2, 0.25) is 0 Å². The third-order valence-electron chi connectivity index (χ3n) is 2.12. The first kappa shape index (κ1) is 13.5. The molecule has 4 nitrogen and oxygen atoms in total. The standard InChI is InChI=1S/C13H20N2O2/c1-4-14-12-8-6-5-7-11(12)13(16)15-17-9-10(2)3/h5-8,10,14H,4,9H2,1-3H3,(H,15,16). The highest BCUT2D eigenvalue weighted by molar-refractivity contribution is 5.98. The molecule has 4 heteroatoms. The zero-order chi connectivity index (χ0) is 12.7. The second-order valence-electron chi connectivity index (χ2n) is 4.21. The molecule has 0 saturated carbocycles. The summed E-state index contributed by atoms with van der Waals surface area (Å²) in [5, 5.41) is 3.14. The molecular weight excluding hydrogens is 216 g/mol. The van der Waals surface area contributed by atoms with E-state index in [2.05, 4.69) is 10.8 Å². The molecule has 0 heterocycles. The van der Waals surface area contributed by atoms with E-state index in [0.717, 1.165) is 12.2 Å². The molecule has 0 fully saturated rings. The molecule has 2 N–H and O–H groups in total. The predicted octanol–water partition coefficient (Wildman–Crippen LogP) is 2.44. The molecule has 0 aliphatic rings. The Labute approximate surface area is 102 Å². The van der Waals surface area contributed by atoms with Crippen LogP contribution in [0.2, 0.25) is 0 Å². The Morgan fingerprint density at radius 1 is 1.35 bits per heavy atom. The van der Waals surface area contributed by atoms with Crippen molar-refractivity contribution < 1.29 is 9.63 Å². The van der Waals surface area contributed by atoms with Crippen molar-refractivity contribution in [1.82, 2.24) is 5.48 Å². The predicted molar refractivity (Wildman–Crippen MR) is 68.9 cm³/mol. The smallest absolute Gasteiger partial charge is 0.276 e. The molecule has 1 rings (SSSR count). The van der Waals surface area contributed by atoms with Crippen molar-refractivity contribution in [3.8, 4) is 0 Å². The van der Waals surface area contributed by atoms with Crippen LogP contribution in [0.4, 0.5) is 5.69 Å². The molecule has 1 aromatic carbocycles. The van der Waals surface area contributed by atoms with Crippen molar-refractivity contribution >= 4 is 11.6 Å². The van der Waals surface area contributed by atoms with Crippen molar-refractivity contribution in [2.45, 2.75) is 20.8 Å². The van der Waals surface area contributed by atoms with Gasteiger partial charge in [-0.3, -0.25) is 9.63 Å². The number of carbonyl (C=O) groups excluding carboxylic acids is 1. The summed E-state index contributed by atoms with van der Waals surface area (Å²) < 4.78 is 0. The van der Waals surface area contributed by atoms with Gasteiger partial charge in [-0.2, -0.15) is 0 Å². The molecule has 0 bridgehead atoms. The summed E-state index contributed by atoms with van der Waals surface area (Å²) >= 11 is 0. The largest absolute Gasteiger partial charge is 0.385 e. The summed E-state index contributed by atoms with van der Waals surface area (Å²) in [6.45, 7) is 7.33. The van der Waals surface area contributed by atoms with E-state index in [-0.39, 0.29) is 5.91 Å². The fourth-order valence-electron chi connectivity index (χ4n) is 1.35. The van der Waals surface area contributed by atoms with E-state index in [9.17, 15) is 4.79 Å². The number of rotatable bonds is 6. The fourth-order valence-corrected chi connectivity index (χ4v) is 1.35. The lowest BCUT2D eigenvalue weighted by Crippen LogP contribution is -2.26. The summed E-state index contributed by atoms with van der Waals surface area (Å²) in [6, 6.07) is 7.37. The third-order valence-corrected chi connectivity index (χ3v) is 2.12. The Hall–Kier alpha value is -1.55. The molecule has 1 aromatic rings. The molecule has 0 aliphatic carbocycles. The van der Waals surface area contributed by atoms with E-state index in [4.69, 9.17) is 4.84 Å². The number of hydrogen-bond acceptors (Lipinski definition) is 3. The van der Waals surface area contributed by atoms with Crippen LogP contribution in [0.5, 0.6) is 0 Å². The maximum absolute atomic E-state index is 11.8. The summed E-state index contributed by atoms with van der Waals surface area (Å²) in [5.74, 6) is 0.168. The van der Waals surface area contributed by atoms with Gasteiger partial charge in [-0.05, 0) is 25.0 Å². The van der Waals surface area contributed by atoms with Crippen molar-refractivity contribution in [2.24, 2.45) is 5.92 Å². The summed E-state index contributed by atoms with van der Waals surface area (Å²) in [5.41, 5.74) is 3.87. The first-order chi connectivity index (χ1) is 8.15. The van der Waals surface area contributed by atoms with E-state index in [1.165, 1.54) is 0 Å². The van der Waals surface area contributed by atoms with Gasteiger partial charge in [0.25, 0.3) is 5.91 Å². The number of benzene rings is 1. The maximum atomic E-state index is 11.8. The average Bonchev–Trinajstić information content (AvgIpc) is 2.29. The highest BCUT2D eigenvalue weighted by atomic mass is 16.6. The van der Waals surface area contributed by atoms with Crippen LogP contribution in [0.25, 0.3) is 0 Å². The van der Waals surface area contributed by atoms with Crippen LogP contribution in [-0.2, 0) is 4.84 Å². The molecule has 94 valence electrons. The highest BCUT2D eigenvalue weighted by Crippen LogP contribution is 2.14. The molecule has 0 spiro atoms. The number of hydrogen-bond donors (Lipinski definition) is 2. The van der Waals surface area contributed by atoms with Crippen LogP contribution >= 0.6 is 0 Å². The van der Waals surface area contributed by atoms with Crippen molar-refractivity contribution in [3.05, 3.63) is 29.8 Å². The van der Waals surface area contributed by atoms with Gasteiger partial charge >= 0.3 is 0 Å². The average molecular weight is 236 g/mol. The van der Waals surface area contributed by atoms with Crippen molar-refractivity contribution in [2.75, 3.05) is 18.5 Å². The Morgan fingerprint density at radius 3 is 2.71 bits per heavy atom. The Morgan fingerprint density at radius 2 is 2.06 bits per heavy atom. The number of carbonyl (C=O) groups is 1. The molecular formula is C13H20N2O2. The van der Waals surface area contributed by atoms with E-state index in [0.29, 0.717) is 18.1 Å². The van der Waals surface area contributed by atoms with Crippen molar-refractivity contribution in [1.29, 1.82) is 0 Å². The van der Waals surface area contributed by atoms with Gasteiger partial charge in [0, 0.05) is 12.2 Å². The maximum Gasteiger partial charge on any atom is 0.276 e. The van der Waals surface area contributed by atoms with Gasteiger partial charge in [-0.25, -0.2) is 5.48 Å². The SMILES string of the molecule is CCNc1ccccc1C(=O)NOCC(C)C. The van der Waals surface area contributed by atoms with Crippen LogP contribution in [0.3, 0.4) is 0 Å². The molecule has 0 aliphatic heterocycles. The monoisotopic (exact) mass is 236 g/mol. The molecule has 17 heavy (non-hydrogen) atoms. The normalized spacial score (nSPS) is 10.4. The van der Waals surface area contributed by atoms with Gasteiger partial charge in [0.05, 0.1) is 12.2 Å². The Balaban J connectivity index is 2.61. The number of para-hydroxylation sites is 1. The lowest BCUT2D eigenvalue weighted by Gasteiger charge is -2.11. The van der Waals surface area contributed by atoms with E-state index in [1.54, 1.807) is 6.07 Å². The van der Waals surface area contributed by atoms with Gasteiger partial charge in [-0.15, -0.1) is 0 Å². The minimum Gasteiger partial charge on any atom is -0.385 e. The van der Waals surface area contributed by atoms with Gasteiger partial charge in [0.1, 0.15) is 0 Å². The zero-order valence-electron chi connectivity index (χ0n) is 10.6. The Kier molecular flexibility index (Phi) is 5.49. The Bertz CT molecular complexity index is 364. The van der Waals surface area contributed by atoms with Crippen LogP contribution in [0.15, 0.2) is 24.3 Å². The van der Waals surface area contributed by atoms with E-state index < -0.39 is 0 Å². The highest BCUT2D eigenvalue weighted by Gasteiger charge is 2.10. The number of nitrogens with one attached hydrogen (secondary N) is 2. The topological polar surface area (TPSA) is 50.4 Å². The minimum absolute atomic E-state index is 0.220. The number of anilines is 1. The first-order valence-corrected chi connectivity index (χ1v) is 5.90. The quantitative estimate of drug-likeness (QED) is 0.746. The van der Waals surface area contributed by atoms with Gasteiger partial charge in [-0.1, -0.05) is 26.0 Å². The second-order valence-corrected chi connectivity index (χ2v) is 4.21. The van der Waals surface area contributed by atoms with Crippen LogP contribution in [0.1, 0.15) is 31.1 Å². The molecule has 0 atom stereocenters. The zero-order valence-corrected chi connectivity index (χ0v) is 10.6. The third kappa shape index (κ3) is 4.44. The van der Waals surface area contributed by atoms with Crippen LogP contribution in [-0.4, -0.2) is 19.1 Å². The molecule has 0 radical (unpaired) electrons. The second kappa shape index (κ2) is 6.91. The van der Waals surface area contributed by atoms with E-state index in [1.807, 2.05) is 39.0 Å². The summed E-state index contributed by atoms with van der Waals surface area (Å²) in [7, 11) is 0. The molecule has 0 saturated heterocycles. The lowest BCUT2D eigenvalue weighted by atomic mass is 10.1. The molecule has 0 unspecified atom stereocenters. The summed E-state index contributed by atoms with van der Waals surface area (Å²) in [6.07, 6.45) is 0. The van der Waals surface area contributed by atoms with Crippen molar-refractivity contribution in [3.63, 3.8) is 0 Å². The lowest BCUT2D eigenvalue weighted by molar-refractivity contribution is 0.0209. The van der Waals surface area contributed by atoms with Gasteiger partial charge in [0.15, 0.2) is 0 Å². The van der Waals surface area contributed by atoms with Crippen LogP contribution in [0, 0.1) is 5.92 Å². The molecule has 0 aromatic heterocycles. The first-order valence-electron chi connectivity index (χ1n) is 5.90. The van der Waals surface area contributed by atoms with Crippen LogP contribution < -0.4 is 10.8 Å².